The molecule has 21 heavy (non-hydrogen) atoms. The molecule has 1 aliphatic rings. The Bertz CT molecular complexity index is 635. The quantitative estimate of drug-likeness (QED) is 0.936. The zero-order valence-corrected chi connectivity index (χ0v) is 11.4. The number of aliphatic hydroxyl groups excluding tert-OH is 1. The molecule has 0 radical (unpaired) electrons. The van der Waals surface area contributed by atoms with Crippen LogP contribution in [-0.4, -0.2) is 32.6 Å². The number of halogens is 2. The maximum atomic E-state index is 14.3. The predicted molar refractivity (Wildman–Crippen MR) is 69.2 cm³/mol. The number of nitrogens with zero attached hydrogens (tertiary/aromatic N) is 3. The number of hydrogen-bond donors (Lipinski definition) is 1. The van der Waals surface area contributed by atoms with Crippen molar-refractivity contribution >= 4 is 0 Å². The molecule has 1 fully saturated rings. The second-order valence-corrected chi connectivity index (χ2v) is 5.22. The van der Waals surface area contributed by atoms with Gasteiger partial charge in [0.1, 0.15) is 24.3 Å². The van der Waals surface area contributed by atoms with Gasteiger partial charge in [-0.1, -0.05) is 0 Å². The van der Waals surface area contributed by atoms with E-state index >= 15 is 0 Å². The summed E-state index contributed by atoms with van der Waals surface area (Å²) in [6.45, 7) is 1.72. The van der Waals surface area contributed by atoms with Crippen molar-refractivity contribution in [3.8, 4) is 0 Å². The van der Waals surface area contributed by atoms with E-state index in [9.17, 15) is 13.9 Å². The van der Waals surface area contributed by atoms with Gasteiger partial charge in [-0.15, -0.1) is 0 Å². The third kappa shape index (κ3) is 2.22. The first-order chi connectivity index (χ1) is 10.1. The van der Waals surface area contributed by atoms with Crippen molar-refractivity contribution in [3.05, 3.63) is 48.1 Å². The highest BCUT2D eigenvalue weighted by Crippen LogP contribution is 2.44. The molecule has 0 amide bonds. The van der Waals surface area contributed by atoms with Crippen LogP contribution in [-0.2, 0) is 10.5 Å². The number of rotatable bonds is 3. The SMILES string of the molecule is C[C@@H]1O[C@@](c2ccc(F)cc2F)(n2cncn2)C[C@@H]1CO. The van der Waals surface area contributed by atoms with Gasteiger partial charge in [0, 0.05) is 30.6 Å². The monoisotopic (exact) mass is 295 g/mol. The highest BCUT2D eigenvalue weighted by Gasteiger charge is 2.49. The van der Waals surface area contributed by atoms with E-state index < -0.39 is 17.4 Å². The summed E-state index contributed by atoms with van der Waals surface area (Å²) in [6, 6.07) is 3.34. The minimum absolute atomic E-state index is 0.0829. The molecule has 1 saturated heterocycles. The van der Waals surface area contributed by atoms with E-state index in [2.05, 4.69) is 10.1 Å². The molecule has 1 aromatic carbocycles. The second kappa shape index (κ2) is 5.16. The molecule has 1 aromatic heterocycles. The summed E-state index contributed by atoms with van der Waals surface area (Å²) < 4.78 is 34.8. The zero-order chi connectivity index (χ0) is 15.0. The first-order valence-corrected chi connectivity index (χ1v) is 6.66. The first kappa shape index (κ1) is 14.1. The van der Waals surface area contributed by atoms with Crippen molar-refractivity contribution in [1.82, 2.24) is 14.8 Å². The van der Waals surface area contributed by atoms with Gasteiger partial charge in [-0.05, 0) is 19.1 Å². The molecule has 2 aromatic rings. The second-order valence-electron chi connectivity index (χ2n) is 5.22. The predicted octanol–water partition coefficient (Wildman–Crippen LogP) is 1.67. The zero-order valence-electron chi connectivity index (χ0n) is 11.4. The van der Waals surface area contributed by atoms with Gasteiger partial charge in [-0.25, -0.2) is 18.4 Å². The van der Waals surface area contributed by atoms with Crippen LogP contribution in [0.15, 0.2) is 30.9 Å². The van der Waals surface area contributed by atoms with E-state index in [1.165, 1.54) is 29.5 Å². The molecule has 5 nitrogen and oxygen atoms in total. The Labute approximate surface area is 120 Å². The molecule has 0 bridgehead atoms. The van der Waals surface area contributed by atoms with Crippen LogP contribution in [0, 0.1) is 17.6 Å². The molecular formula is C14H15F2N3O2. The van der Waals surface area contributed by atoms with E-state index in [0.717, 1.165) is 6.07 Å². The van der Waals surface area contributed by atoms with E-state index in [1.807, 2.05) is 0 Å². The van der Waals surface area contributed by atoms with E-state index in [4.69, 9.17) is 4.74 Å². The maximum absolute atomic E-state index is 14.3. The Balaban J connectivity index is 2.14. The van der Waals surface area contributed by atoms with Gasteiger partial charge >= 0.3 is 0 Å². The number of aliphatic hydroxyl groups is 1. The van der Waals surface area contributed by atoms with Crippen LogP contribution in [0.2, 0.25) is 0 Å². The third-order valence-electron chi connectivity index (χ3n) is 3.96. The minimum atomic E-state index is -1.22. The third-order valence-corrected chi connectivity index (χ3v) is 3.96. The number of ether oxygens (including phenoxy) is 1. The summed E-state index contributed by atoms with van der Waals surface area (Å²) in [5.74, 6) is -1.54. The van der Waals surface area contributed by atoms with E-state index in [1.54, 1.807) is 6.92 Å². The molecule has 2 heterocycles. The van der Waals surface area contributed by atoms with Gasteiger partial charge in [0.2, 0.25) is 0 Å². The average molecular weight is 295 g/mol. The lowest BCUT2D eigenvalue weighted by atomic mass is 9.92. The Morgan fingerprint density at radius 3 is 2.86 bits per heavy atom. The minimum Gasteiger partial charge on any atom is -0.396 e. The van der Waals surface area contributed by atoms with Crippen LogP contribution < -0.4 is 0 Å². The summed E-state index contributed by atoms with van der Waals surface area (Å²) >= 11 is 0. The Kier molecular flexibility index (Phi) is 3.46. The van der Waals surface area contributed by atoms with Crippen LogP contribution in [0.1, 0.15) is 18.9 Å². The van der Waals surface area contributed by atoms with Crippen LogP contribution >= 0.6 is 0 Å². The van der Waals surface area contributed by atoms with Gasteiger partial charge in [-0.2, -0.15) is 5.10 Å². The van der Waals surface area contributed by atoms with Gasteiger partial charge in [0.05, 0.1) is 6.10 Å². The van der Waals surface area contributed by atoms with Crippen LogP contribution in [0.3, 0.4) is 0 Å². The van der Waals surface area contributed by atoms with Crippen molar-refractivity contribution in [2.45, 2.75) is 25.2 Å². The summed E-state index contributed by atoms with van der Waals surface area (Å²) in [7, 11) is 0. The molecule has 0 aliphatic carbocycles. The molecule has 112 valence electrons. The highest BCUT2D eigenvalue weighted by molar-refractivity contribution is 5.27. The molecular weight excluding hydrogens is 280 g/mol. The molecule has 7 heteroatoms. The number of hydrogen-bond acceptors (Lipinski definition) is 4. The molecule has 0 unspecified atom stereocenters. The molecule has 1 aliphatic heterocycles. The lowest BCUT2D eigenvalue weighted by Crippen LogP contribution is -2.36. The fraction of sp³-hybridized carbons (Fsp3) is 0.429. The normalized spacial score (nSPS) is 29.0. The lowest BCUT2D eigenvalue weighted by Gasteiger charge is -2.30. The molecule has 3 atom stereocenters. The lowest BCUT2D eigenvalue weighted by molar-refractivity contribution is -0.0742. The fourth-order valence-corrected chi connectivity index (χ4v) is 2.83. The van der Waals surface area contributed by atoms with E-state index in [-0.39, 0.29) is 24.2 Å². The molecule has 0 spiro atoms. The van der Waals surface area contributed by atoms with Crippen molar-refractivity contribution in [2.24, 2.45) is 5.92 Å². The smallest absolute Gasteiger partial charge is 0.191 e. The molecule has 0 saturated carbocycles. The van der Waals surface area contributed by atoms with Crippen LogP contribution in [0.4, 0.5) is 8.78 Å². The maximum Gasteiger partial charge on any atom is 0.191 e. The van der Waals surface area contributed by atoms with Crippen molar-refractivity contribution in [2.75, 3.05) is 6.61 Å². The summed E-state index contributed by atoms with van der Waals surface area (Å²) in [6.07, 6.45) is 2.79. The van der Waals surface area contributed by atoms with Gasteiger partial charge in [0.15, 0.2) is 5.72 Å². The highest BCUT2D eigenvalue weighted by atomic mass is 19.1. The standard InChI is InChI=1S/C14H15F2N3O2/c1-9-10(6-20)5-14(21-9,19-8-17-7-18-19)12-3-2-11(15)4-13(12)16/h2-4,7-10,20H,5-6H2,1H3/t9-,10+,14-/m0/s1. The molecule has 1 N–H and O–H groups in total. The average Bonchev–Trinajstić information content (AvgIpc) is 3.07. The largest absolute Gasteiger partial charge is 0.396 e. The Hall–Kier alpha value is -1.86. The molecule has 3 rings (SSSR count). The van der Waals surface area contributed by atoms with Gasteiger partial charge in [-0.3, -0.25) is 0 Å². The first-order valence-electron chi connectivity index (χ1n) is 6.66. The number of aromatic nitrogens is 3. The number of benzene rings is 1. The van der Waals surface area contributed by atoms with Gasteiger partial charge in [0.25, 0.3) is 0 Å². The van der Waals surface area contributed by atoms with Crippen LogP contribution in [0.5, 0.6) is 0 Å². The topological polar surface area (TPSA) is 60.2 Å². The van der Waals surface area contributed by atoms with Crippen molar-refractivity contribution in [3.63, 3.8) is 0 Å². The van der Waals surface area contributed by atoms with Crippen molar-refractivity contribution < 1.29 is 18.6 Å². The van der Waals surface area contributed by atoms with Crippen molar-refractivity contribution in [1.29, 1.82) is 0 Å². The summed E-state index contributed by atoms with van der Waals surface area (Å²) in [5.41, 5.74) is -1.04. The Morgan fingerprint density at radius 1 is 1.48 bits per heavy atom. The summed E-state index contributed by atoms with van der Waals surface area (Å²) in [4.78, 5) is 3.87. The van der Waals surface area contributed by atoms with Gasteiger partial charge < -0.3 is 9.84 Å². The Morgan fingerprint density at radius 2 is 2.29 bits per heavy atom. The van der Waals surface area contributed by atoms with Crippen LogP contribution in [0.25, 0.3) is 0 Å². The summed E-state index contributed by atoms with van der Waals surface area (Å²) in [5, 5.41) is 13.5. The fourth-order valence-electron chi connectivity index (χ4n) is 2.83. The van der Waals surface area contributed by atoms with E-state index in [0.29, 0.717) is 6.42 Å².